The van der Waals surface area contributed by atoms with E-state index in [0.717, 1.165) is 29.0 Å². The lowest BCUT2D eigenvalue weighted by molar-refractivity contribution is 0.588. The molecule has 1 aromatic heterocycles. The Morgan fingerprint density at radius 2 is 1.85 bits per heavy atom. The molecule has 0 amide bonds. The number of nitriles is 1. The number of halogens is 1. The molecule has 2 N–H and O–H groups in total. The molecule has 0 unspecified atom stereocenters. The maximum atomic E-state index is 13.4. The number of furan rings is 1. The van der Waals surface area contributed by atoms with Crippen molar-refractivity contribution in [3.8, 4) is 17.4 Å². The number of rotatable bonds is 8. The van der Waals surface area contributed by atoms with Crippen molar-refractivity contribution in [2.75, 3.05) is 22.9 Å². The van der Waals surface area contributed by atoms with E-state index < -0.39 is 25.9 Å². The van der Waals surface area contributed by atoms with Gasteiger partial charge in [0.05, 0.1) is 17.7 Å². The van der Waals surface area contributed by atoms with Crippen molar-refractivity contribution in [3.63, 3.8) is 0 Å². The number of hydrogen-bond acceptors (Lipinski definition) is 6. The second-order valence-electron chi connectivity index (χ2n) is 8.16. The summed E-state index contributed by atoms with van der Waals surface area (Å²) in [6, 6.07) is 11.0. The molecule has 1 aliphatic carbocycles. The SMILES string of the molecule is CS(=O)(=O)N(CCCS(N)(=O)=O)c1cc2oc(-c3ccc(F)cc3)c(C#N)c2cc1C1CC1. The highest BCUT2D eigenvalue weighted by atomic mass is 32.2. The van der Waals surface area contributed by atoms with E-state index in [2.05, 4.69) is 6.07 Å². The lowest BCUT2D eigenvalue weighted by Gasteiger charge is -2.25. The quantitative estimate of drug-likeness (QED) is 0.513. The molecule has 1 aliphatic rings. The first-order valence-corrected chi connectivity index (χ1v) is 13.8. The molecule has 1 saturated carbocycles. The highest BCUT2D eigenvalue weighted by Gasteiger charge is 2.32. The standard InChI is InChI=1S/C22H22FN3O5S2/c1-32(27,28)26(9-2-10-33(25,29)30)20-12-21-18(11-17(20)14-3-4-14)19(13-24)22(31-21)15-5-7-16(23)8-6-15/h5-8,11-12,14H,2-4,9-10H2,1H3,(H2,25,29,30). The Labute approximate surface area is 191 Å². The monoisotopic (exact) mass is 491 g/mol. The molecular weight excluding hydrogens is 469 g/mol. The van der Waals surface area contributed by atoms with Gasteiger partial charge in [-0.15, -0.1) is 0 Å². The van der Waals surface area contributed by atoms with Crippen LogP contribution in [0.3, 0.4) is 0 Å². The van der Waals surface area contributed by atoms with Crippen LogP contribution >= 0.6 is 0 Å². The number of sulfonamides is 2. The van der Waals surface area contributed by atoms with Crippen LogP contribution in [0.25, 0.3) is 22.3 Å². The molecular formula is C22H22FN3O5S2. The topological polar surface area (TPSA) is 134 Å². The van der Waals surface area contributed by atoms with Gasteiger partial charge in [-0.25, -0.2) is 26.4 Å². The van der Waals surface area contributed by atoms with Gasteiger partial charge in [-0.2, -0.15) is 5.26 Å². The van der Waals surface area contributed by atoms with E-state index in [1.807, 2.05) is 0 Å². The van der Waals surface area contributed by atoms with Crippen LogP contribution < -0.4 is 9.44 Å². The summed E-state index contributed by atoms with van der Waals surface area (Å²) in [5.74, 6) is -0.377. The number of benzene rings is 2. The smallest absolute Gasteiger partial charge is 0.232 e. The fraction of sp³-hybridized carbons (Fsp3) is 0.318. The van der Waals surface area contributed by atoms with E-state index in [4.69, 9.17) is 9.56 Å². The molecule has 3 aromatic rings. The van der Waals surface area contributed by atoms with Crippen LogP contribution in [-0.2, 0) is 20.0 Å². The van der Waals surface area contributed by atoms with Crippen LogP contribution in [0.2, 0.25) is 0 Å². The zero-order valence-corrected chi connectivity index (χ0v) is 19.4. The third kappa shape index (κ3) is 5.03. The van der Waals surface area contributed by atoms with E-state index >= 15 is 0 Å². The molecule has 0 atom stereocenters. The van der Waals surface area contributed by atoms with Crippen molar-refractivity contribution in [2.24, 2.45) is 5.14 Å². The van der Waals surface area contributed by atoms with Gasteiger partial charge in [-0.05, 0) is 61.1 Å². The normalized spacial score (nSPS) is 14.4. The van der Waals surface area contributed by atoms with Crippen molar-refractivity contribution < 1.29 is 25.6 Å². The van der Waals surface area contributed by atoms with Crippen molar-refractivity contribution in [1.82, 2.24) is 0 Å². The first-order chi connectivity index (χ1) is 15.5. The second-order valence-corrected chi connectivity index (χ2v) is 11.8. The number of fused-ring (bicyclic) bond motifs is 1. The maximum absolute atomic E-state index is 13.4. The molecule has 8 nitrogen and oxygen atoms in total. The minimum Gasteiger partial charge on any atom is -0.455 e. The summed E-state index contributed by atoms with van der Waals surface area (Å²) in [4.78, 5) is 0. The first-order valence-electron chi connectivity index (χ1n) is 10.2. The number of nitrogens with zero attached hydrogens (tertiary/aromatic N) is 2. The van der Waals surface area contributed by atoms with Gasteiger partial charge in [0, 0.05) is 23.6 Å². The van der Waals surface area contributed by atoms with Gasteiger partial charge in [-0.1, -0.05) is 0 Å². The number of anilines is 1. The molecule has 2 aromatic carbocycles. The van der Waals surface area contributed by atoms with E-state index in [9.17, 15) is 26.5 Å². The number of primary sulfonamides is 1. The zero-order valence-electron chi connectivity index (χ0n) is 17.8. The zero-order chi connectivity index (χ0) is 24.0. The van der Waals surface area contributed by atoms with Gasteiger partial charge in [-0.3, -0.25) is 4.31 Å². The largest absolute Gasteiger partial charge is 0.455 e. The molecule has 0 radical (unpaired) electrons. The predicted molar refractivity (Wildman–Crippen MR) is 123 cm³/mol. The van der Waals surface area contributed by atoms with Crippen LogP contribution in [-0.4, -0.2) is 35.4 Å². The molecule has 174 valence electrons. The molecule has 0 aliphatic heterocycles. The summed E-state index contributed by atoms with van der Waals surface area (Å²) < 4.78 is 68.4. The number of hydrogen-bond donors (Lipinski definition) is 1. The van der Waals surface area contributed by atoms with Crippen LogP contribution in [0.4, 0.5) is 10.1 Å². The fourth-order valence-electron chi connectivity index (χ4n) is 3.88. The summed E-state index contributed by atoms with van der Waals surface area (Å²) in [6.45, 7) is -0.0723. The predicted octanol–water partition coefficient (Wildman–Crippen LogP) is 3.43. The summed E-state index contributed by atoms with van der Waals surface area (Å²) in [6.07, 6.45) is 2.82. The van der Waals surface area contributed by atoms with Crippen molar-refractivity contribution in [1.29, 1.82) is 5.26 Å². The molecule has 4 rings (SSSR count). The Balaban J connectivity index is 1.86. The van der Waals surface area contributed by atoms with Crippen LogP contribution in [0.15, 0.2) is 40.8 Å². The third-order valence-corrected chi connectivity index (χ3v) is 7.57. The molecule has 0 bridgehead atoms. The molecule has 33 heavy (non-hydrogen) atoms. The Morgan fingerprint density at radius 1 is 1.18 bits per heavy atom. The lowest BCUT2D eigenvalue weighted by Crippen LogP contribution is -2.33. The average Bonchev–Trinajstić information content (AvgIpc) is 3.50. The summed E-state index contributed by atoms with van der Waals surface area (Å²) >= 11 is 0. The van der Waals surface area contributed by atoms with Gasteiger partial charge in [0.25, 0.3) is 0 Å². The van der Waals surface area contributed by atoms with Crippen LogP contribution in [0.5, 0.6) is 0 Å². The number of nitrogens with two attached hydrogens (primary N) is 1. The molecule has 1 heterocycles. The van der Waals surface area contributed by atoms with Crippen molar-refractivity contribution in [2.45, 2.75) is 25.2 Å². The highest BCUT2D eigenvalue weighted by Crippen LogP contribution is 2.47. The Kier molecular flexibility index (Phi) is 5.94. The lowest BCUT2D eigenvalue weighted by atomic mass is 10.0. The minimum absolute atomic E-state index is 0.0243. The average molecular weight is 492 g/mol. The molecule has 11 heteroatoms. The van der Waals surface area contributed by atoms with Gasteiger partial charge < -0.3 is 4.42 Å². The van der Waals surface area contributed by atoms with E-state index in [0.29, 0.717) is 22.2 Å². The molecule has 1 fully saturated rings. The second kappa shape index (κ2) is 8.44. The van der Waals surface area contributed by atoms with Crippen molar-refractivity contribution in [3.05, 3.63) is 53.3 Å². The van der Waals surface area contributed by atoms with E-state index in [-0.39, 0.29) is 36.0 Å². The van der Waals surface area contributed by atoms with Gasteiger partial charge in [0.15, 0.2) is 5.76 Å². The molecule has 0 saturated heterocycles. The third-order valence-electron chi connectivity index (χ3n) is 5.53. The van der Waals surface area contributed by atoms with Crippen LogP contribution in [0, 0.1) is 17.1 Å². The Bertz CT molecular complexity index is 1470. The molecule has 0 spiro atoms. The van der Waals surface area contributed by atoms with E-state index in [1.54, 1.807) is 12.1 Å². The Morgan fingerprint density at radius 3 is 2.39 bits per heavy atom. The van der Waals surface area contributed by atoms with Gasteiger partial charge in [0.2, 0.25) is 20.0 Å². The van der Waals surface area contributed by atoms with Crippen LogP contribution in [0.1, 0.15) is 36.3 Å². The fourth-order valence-corrected chi connectivity index (χ4v) is 5.38. The minimum atomic E-state index is -3.75. The maximum Gasteiger partial charge on any atom is 0.232 e. The summed E-state index contributed by atoms with van der Waals surface area (Å²) in [5.41, 5.74) is 2.26. The van der Waals surface area contributed by atoms with E-state index in [1.165, 1.54) is 24.3 Å². The highest BCUT2D eigenvalue weighted by molar-refractivity contribution is 7.92. The summed E-state index contributed by atoms with van der Waals surface area (Å²) in [5, 5.41) is 15.4. The van der Waals surface area contributed by atoms with Crippen molar-refractivity contribution >= 4 is 36.7 Å². The van der Waals surface area contributed by atoms with Gasteiger partial charge >= 0.3 is 0 Å². The van der Waals surface area contributed by atoms with Gasteiger partial charge in [0.1, 0.15) is 23.0 Å². The Hall–Kier alpha value is -2.94. The summed E-state index contributed by atoms with van der Waals surface area (Å²) in [7, 11) is -7.49. The first kappa shape index (κ1) is 23.2.